The van der Waals surface area contributed by atoms with Crippen molar-refractivity contribution in [1.82, 2.24) is 4.98 Å². The van der Waals surface area contributed by atoms with Crippen LogP contribution in [0.2, 0.25) is 0 Å². The molecule has 15 heavy (non-hydrogen) atoms. The minimum atomic E-state index is 0.693. The predicted molar refractivity (Wildman–Crippen MR) is 65.0 cm³/mol. The first kappa shape index (κ1) is 9.12. The molecular formula is C11H6BrNOS. The third-order valence-electron chi connectivity index (χ3n) is 2.08. The number of fused-ring (bicyclic) bond motifs is 1. The van der Waals surface area contributed by atoms with E-state index in [-0.39, 0.29) is 0 Å². The third-order valence-corrected chi connectivity index (χ3v) is 3.43. The standard InChI is InChI=1S/C11H6BrNOS/c12-7-3-4-8-9(6-7)14-11(13-8)10-2-1-5-15-10/h1-6H. The predicted octanol–water partition coefficient (Wildman–Crippen LogP) is 4.32. The molecule has 0 fully saturated rings. The second-order valence-electron chi connectivity index (χ2n) is 3.11. The highest BCUT2D eigenvalue weighted by atomic mass is 79.9. The number of rotatable bonds is 1. The van der Waals surface area contributed by atoms with Crippen molar-refractivity contribution in [2.75, 3.05) is 0 Å². The Morgan fingerprint density at radius 2 is 2.20 bits per heavy atom. The highest BCUT2D eigenvalue weighted by molar-refractivity contribution is 9.10. The van der Waals surface area contributed by atoms with Crippen LogP contribution in [-0.2, 0) is 0 Å². The molecule has 0 saturated carbocycles. The lowest BCUT2D eigenvalue weighted by Gasteiger charge is -1.86. The molecular weight excluding hydrogens is 274 g/mol. The van der Waals surface area contributed by atoms with E-state index in [0.29, 0.717) is 5.89 Å². The van der Waals surface area contributed by atoms with Crippen molar-refractivity contribution < 1.29 is 4.42 Å². The van der Waals surface area contributed by atoms with Crippen LogP contribution in [0.1, 0.15) is 0 Å². The molecule has 0 saturated heterocycles. The van der Waals surface area contributed by atoms with Gasteiger partial charge in [-0.05, 0) is 29.6 Å². The Bertz CT molecular complexity index is 600. The van der Waals surface area contributed by atoms with Gasteiger partial charge in [-0.3, -0.25) is 0 Å². The average molecular weight is 280 g/mol. The minimum absolute atomic E-state index is 0.693. The molecule has 3 aromatic rings. The highest BCUT2D eigenvalue weighted by Crippen LogP contribution is 2.28. The summed E-state index contributed by atoms with van der Waals surface area (Å²) in [5, 5.41) is 2.01. The molecule has 0 aliphatic rings. The van der Waals surface area contributed by atoms with Gasteiger partial charge in [0.15, 0.2) is 5.58 Å². The Labute approximate surface area is 98.7 Å². The fourth-order valence-corrected chi connectivity index (χ4v) is 2.39. The van der Waals surface area contributed by atoms with E-state index in [1.807, 2.05) is 35.7 Å². The Hall–Kier alpha value is -1.13. The fraction of sp³-hybridized carbons (Fsp3) is 0. The van der Waals surface area contributed by atoms with Gasteiger partial charge in [-0.25, -0.2) is 4.98 Å². The zero-order chi connectivity index (χ0) is 10.3. The summed E-state index contributed by atoms with van der Waals surface area (Å²) in [6.07, 6.45) is 0. The molecule has 0 spiro atoms. The summed E-state index contributed by atoms with van der Waals surface area (Å²) in [7, 11) is 0. The molecule has 0 N–H and O–H groups in total. The third kappa shape index (κ3) is 1.60. The van der Waals surface area contributed by atoms with Gasteiger partial charge in [0.05, 0.1) is 4.88 Å². The van der Waals surface area contributed by atoms with Crippen molar-refractivity contribution in [3.63, 3.8) is 0 Å². The summed E-state index contributed by atoms with van der Waals surface area (Å²) in [5.74, 6) is 0.693. The van der Waals surface area contributed by atoms with Crippen LogP contribution in [-0.4, -0.2) is 4.98 Å². The van der Waals surface area contributed by atoms with Crippen LogP contribution < -0.4 is 0 Å². The zero-order valence-electron chi connectivity index (χ0n) is 7.61. The smallest absolute Gasteiger partial charge is 0.237 e. The summed E-state index contributed by atoms with van der Waals surface area (Å²) in [4.78, 5) is 5.48. The van der Waals surface area contributed by atoms with Crippen molar-refractivity contribution in [3.8, 4) is 10.8 Å². The van der Waals surface area contributed by atoms with Crippen LogP contribution in [0.3, 0.4) is 0 Å². The molecule has 0 unspecified atom stereocenters. The van der Waals surface area contributed by atoms with Crippen molar-refractivity contribution in [1.29, 1.82) is 0 Å². The summed E-state index contributed by atoms with van der Waals surface area (Å²) in [5.41, 5.74) is 1.70. The lowest BCUT2D eigenvalue weighted by atomic mass is 10.3. The van der Waals surface area contributed by atoms with Gasteiger partial charge in [-0.1, -0.05) is 22.0 Å². The molecule has 0 aliphatic carbocycles. The van der Waals surface area contributed by atoms with E-state index in [0.717, 1.165) is 20.4 Å². The number of oxazole rings is 1. The van der Waals surface area contributed by atoms with Crippen molar-refractivity contribution in [3.05, 3.63) is 40.2 Å². The van der Waals surface area contributed by atoms with Crippen molar-refractivity contribution >= 4 is 38.4 Å². The van der Waals surface area contributed by atoms with E-state index in [4.69, 9.17) is 4.42 Å². The highest BCUT2D eigenvalue weighted by Gasteiger charge is 2.08. The van der Waals surface area contributed by atoms with E-state index in [9.17, 15) is 0 Å². The van der Waals surface area contributed by atoms with E-state index < -0.39 is 0 Å². The average Bonchev–Trinajstić information content (AvgIpc) is 2.84. The van der Waals surface area contributed by atoms with Crippen LogP contribution in [0.5, 0.6) is 0 Å². The Morgan fingerprint density at radius 3 is 3.00 bits per heavy atom. The molecule has 0 radical (unpaired) electrons. The molecule has 3 rings (SSSR count). The summed E-state index contributed by atoms with van der Waals surface area (Å²) >= 11 is 5.03. The van der Waals surface area contributed by atoms with Gasteiger partial charge in [0.25, 0.3) is 0 Å². The largest absolute Gasteiger partial charge is 0.435 e. The van der Waals surface area contributed by atoms with Crippen LogP contribution in [0.15, 0.2) is 44.6 Å². The topological polar surface area (TPSA) is 26.0 Å². The zero-order valence-corrected chi connectivity index (χ0v) is 10.0. The lowest BCUT2D eigenvalue weighted by molar-refractivity contribution is 0.621. The Kier molecular flexibility index (Phi) is 2.11. The van der Waals surface area contributed by atoms with Gasteiger partial charge in [0, 0.05) is 4.47 Å². The SMILES string of the molecule is Brc1ccc2nc(-c3cccs3)oc2c1. The summed E-state index contributed by atoms with van der Waals surface area (Å²) < 4.78 is 6.67. The normalized spacial score (nSPS) is 11.0. The first-order chi connectivity index (χ1) is 7.33. The Balaban J connectivity index is 2.22. The molecule has 0 amide bonds. The van der Waals surface area contributed by atoms with E-state index in [2.05, 4.69) is 20.9 Å². The molecule has 4 heteroatoms. The van der Waals surface area contributed by atoms with Gasteiger partial charge in [0.2, 0.25) is 5.89 Å². The van der Waals surface area contributed by atoms with Gasteiger partial charge in [-0.2, -0.15) is 0 Å². The summed E-state index contributed by atoms with van der Waals surface area (Å²) in [6.45, 7) is 0. The lowest BCUT2D eigenvalue weighted by Crippen LogP contribution is -1.69. The quantitative estimate of drug-likeness (QED) is 0.663. The number of aromatic nitrogens is 1. The molecule has 1 aromatic carbocycles. The number of halogens is 1. The van der Waals surface area contributed by atoms with Crippen LogP contribution in [0, 0.1) is 0 Å². The van der Waals surface area contributed by atoms with Gasteiger partial charge in [0.1, 0.15) is 5.52 Å². The van der Waals surface area contributed by atoms with E-state index in [1.165, 1.54) is 0 Å². The fourth-order valence-electron chi connectivity index (χ4n) is 1.40. The number of hydrogen-bond acceptors (Lipinski definition) is 3. The second-order valence-corrected chi connectivity index (χ2v) is 4.97. The maximum absolute atomic E-state index is 5.66. The molecule has 2 heterocycles. The molecule has 0 bridgehead atoms. The molecule has 74 valence electrons. The van der Waals surface area contributed by atoms with Gasteiger partial charge < -0.3 is 4.42 Å². The van der Waals surface area contributed by atoms with Gasteiger partial charge in [-0.15, -0.1) is 11.3 Å². The first-order valence-corrected chi connectivity index (χ1v) is 6.10. The number of thiophene rings is 1. The molecule has 2 aromatic heterocycles. The second kappa shape index (κ2) is 3.47. The maximum atomic E-state index is 5.66. The first-order valence-electron chi connectivity index (χ1n) is 4.43. The molecule has 0 aliphatic heterocycles. The molecule has 2 nitrogen and oxygen atoms in total. The number of hydrogen-bond donors (Lipinski definition) is 0. The van der Waals surface area contributed by atoms with Crippen molar-refractivity contribution in [2.24, 2.45) is 0 Å². The van der Waals surface area contributed by atoms with Crippen LogP contribution in [0.4, 0.5) is 0 Å². The monoisotopic (exact) mass is 279 g/mol. The van der Waals surface area contributed by atoms with Crippen LogP contribution >= 0.6 is 27.3 Å². The van der Waals surface area contributed by atoms with Crippen LogP contribution in [0.25, 0.3) is 21.9 Å². The molecule has 0 atom stereocenters. The summed E-state index contributed by atoms with van der Waals surface area (Å²) in [6, 6.07) is 9.83. The number of nitrogens with zero attached hydrogens (tertiary/aromatic N) is 1. The Morgan fingerprint density at radius 1 is 1.27 bits per heavy atom. The maximum Gasteiger partial charge on any atom is 0.237 e. The van der Waals surface area contributed by atoms with Gasteiger partial charge >= 0.3 is 0 Å². The minimum Gasteiger partial charge on any atom is -0.435 e. The van der Waals surface area contributed by atoms with E-state index >= 15 is 0 Å². The number of benzene rings is 1. The van der Waals surface area contributed by atoms with Crippen molar-refractivity contribution in [2.45, 2.75) is 0 Å². The van der Waals surface area contributed by atoms with E-state index in [1.54, 1.807) is 11.3 Å².